The second-order valence-electron chi connectivity index (χ2n) is 4.43. The number of nitrogens with zero attached hydrogens (tertiary/aromatic N) is 1. The van der Waals surface area contributed by atoms with Crippen molar-refractivity contribution >= 4 is 28.9 Å². The van der Waals surface area contributed by atoms with Gasteiger partial charge in [-0.1, -0.05) is 36.2 Å². The van der Waals surface area contributed by atoms with Crippen molar-refractivity contribution in [3.63, 3.8) is 0 Å². The van der Waals surface area contributed by atoms with E-state index in [1.54, 1.807) is 0 Å². The molecule has 1 aromatic rings. The topological polar surface area (TPSA) is 15.3 Å². The van der Waals surface area contributed by atoms with E-state index in [9.17, 15) is 0 Å². The van der Waals surface area contributed by atoms with Crippen molar-refractivity contribution in [2.75, 3.05) is 24.5 Å². The van der Waals surface area contributed by atoms with E-state index in [2.05, 4.69) is 17.1 Å². The van der Waals surface area contributed by atoms with Crippen molar-refractivity contribution in [1.82, 2.24) is 5.32 Å². The monoisotopic (exact) mass is 272 g/mol. The van der Waals surface area contributed by atoms with E-state index in [1.165, 1.54) is 0 Å². The SMILES string of the molecule is CCC1CN(c2cccc(Cl)c2Cl)CCCN1. The first-order chi connectivity index (χ1) is 8.22. The number of hydrogen-bond donors (Lipinski definition) is 1. The van der Waals surface area contributed by atoms with Crippen LogP contribution in [0, 0.1) is 0 Å². The van der Waals surface area contributed by atoms with Gasteiger partial charge in [0.1, 0.15) is 0 Å². The Balaban J connectivity index is 2.22. The van der Waals surface area contributed by atoms with E-state index < -0.39 is 0 Å². The molecule has 1 heterocycles. The summed E-state index contributed by atoms with van der Waals surface area (Å²) in [6.07, 6.45) is 2.27. The lowest BCUT2D eigenvalue weighted by Gasteiger charge is -2.27. The van der Waals surface area contributed by atoms with Crippen LogP contribution in [0.15, 0.2) is 18.2 Å². The highest BCUT2D eigenvalue weighted by Crippen LogP contribution is 2.32. The molecule has 1 N–H and O–H groups in total. The lowest BCUT2D eigenvalue weighted by molar-refractivity contribution is 0.528. The van der Waals surface area contributed by atoms with Crippen LogP contribution in [0.25, 0.3) is 0 Å². The van der Waals surface area contributed by atoms with Gasteiger partial charge in [-0.2, -0.15) is 0 Å². The van der Waals surface area contributed by atoms with Gasteiger partial charge in [0.25, 0.3) is 0 Å². The number of anilines is 1. The number of hydrogen-bond acceptors (Lipinski definition) is 2. The molecular formula is C13H18Cl2N2. The minimum atomic E-state index is 0.535. The number of nitrogens with one attached hydrogen (secondary N) is 1. The third-order valence-corrected chi connectivity index (χ3v) is 4.05. The third kappa shape index (κ3) is 3.06. The van der Waals surface area contributed by atoms with Crippen molar-refractivity contribution in [1.29, 1.82) is 0 Å². The highest BCUT2D eigenvalue weighted by atomic mass is 35.5. The van der Waals surface area contributed by atoms with Crippen LogP contribution >= 0.6 is 23.2 Å². The molecule has 1 unspecified atom stereocenters. The highest BCUT2D eigenvalue weighted by molar-refractivity contribution is 6.43. The van der Waals surface area contributed by atoms with Gasteiger partial charge in [0, 0.05) is 19.1 Å². The Morgan fingerprint density at radius 2 is 2.24 bits per heavy atom. The zero-order valence-electron chi connectivity index (χ0n) is 10.0. The summed E-state index contributed by atoms with van der Waals surface area (Å²) in [6, 6.07) is 6.38. The van der Waals surface area contributed by atoms with Crippen molar-refractivity contribution in [3.8, 4) is 0 Å². The summed E-state index contributed by atoms with van der Waals surface area (Å²) in [4.78, 5) is 2.34. The zero-order chi connectivity index (χ0) is 12.3. The molecule has 0 aromatic heterocycles. The number of rotatable bonds is 2. The maximum atomic E-state index is 6.28. The predicted octanol–water partition coefficient (Wildman–Crippen LogP) is 3.57. The van der Waals surface area contributed by atoms with Crippen LogP contribution in [-0.4, -0.2) is 25.7 Å². The maximum absolute atomic E-state index is 6.28. The van der Waals surface area contributed by atoms with Crippen LogP contribution < -0.4 is 10.2 Å². The van der Waals surface area contributed by atoms with Gasteiger partial charge in [0.15, 0.2) is 0 Å². The summed E-state index contributed by atoms with van der Waals surface area (Å²) >= 11 is 12.3. The molecule has 0 saturated carbocycles. The molecule has 1 atom stereocenters. The Kier molecular flexibility index (Phi) is 4.55. The lowest BCUT2D eigenvalue weighted by Crippen LogP contribution is -2.37. The average molecular weight is 273 g/mol. The second kappa shape index (κ2) is 5.94. The Labute approximate surface area is 113 Å². The van der Waals surface area contributed by atoms with Crippen molar-refractivity contribution in [2.24, 2.45) is 0 Å². The highest BCUT2D eigenvalue weighted by Gasteiger charge is 2.18. The molecular weight excluding hydrogens is 255 g/mol. The summed E-state index contributed by atoms with van der Waals surface area (Å²) in [6.45, 7) is 5.31. The summed E-state index contributed by atoms with van der Waals surface area (Å²) in [7, 11) is 0. The van der Waals surface area contributed by atoms with Gasteiger partial charge in [-0.3, -0.25) is 0 Å². The van der Waals surface area contributed by atoms with E-state index >= 15 is 0 Å². The smallest absolute Gasteiger partial charge is 0.0825 e. The van der Waals surface area contributed by atoms with Crippen LogP contribution in [-0.2, 0) is 0 Å². The fourth-order valence-electron chi connectivity index (χ4n) is 2.23. The van der Waals surface area contributed by atoms with Crippen molar-refractivity contribution in [3.05, 3.63) is 28.2 Å². The molecule has 0 spiro atoms. The van der Waals surface area contributed by atoms with Crippen molar-refractivity contribution in [2.45, 2.75) is 25.8 Å². The van der Waals surface area contributed by atoms with Crippen LogP contribution in [0.1, 0.15) is 19.8 Å². The average Bonchev–Trinajstić information content (AvgIpc) is 2.58. The van der Waals surface area contributed by atoms with Gasteiger partial charge in [0.05, 0.1) is 15.7 Å². The number of halogens is 2. The fourth-order valence-corrected chi connectivity index (χ4v) is 2.64. The molecule has 2 rings (SSSR count). The normalized spacial score (nSPS) is 21.4. The predicted molar refractivity (Wildman–Crippen MR) is 75.4 cm³/mol. The molecule has 1 fully saturated rings. The lowest BCUT2D eigenvalue weighted by atomic mass is 10.2. The molecule has 1 aromatic carbocycles. The molecule has 1 aliphatic rings. The molecule has 94 valence electrons. The van der Waals surface area contributed by atoms with Gasteiger partial charge < -0.3 is 10.2 Å². The quantitative estimate of drug-likeness (QED) is 0.886. The molecule has 2 nitrogen and oxygen atoms in total. The standard InChI is InChI=1S/C13H18Cl2N2/c1-2-10-9-17(8-4-7-16-10)12-6-3-5-11(14)13(12)15/h3,5-6,10,16H,2,4,7-9H2,1H3. The summed E-state index contributed by atoms with van der Waals surface area (Å²) in [5.41, 5.74) is 1.06. The van der Waals surface area contributed by atoms with E-state index in [1.807, 2.05) is 18.2 Å². The fraction of sp³-hybridized carbons (Fsp3) is 0.538. The minimum absolute atomic E-state index is 0.535. The van der Waals surface area contributed by atoms with Crippen LogP contribution in [0.4, 0.5) is 5.69 Å². The maximum Gasteiger partial charge on any atom is 0.0825 e. The van der Waals surface area contributed by atoms with Gasteiger partial charge in [-0.15, -0.1) is 0 Å². The Morgan fingerprint density at radius 3 is 3.00 bits per heavy atom. The van der Waals surface area contributed by atoms with E-state index in [4.69, 9.17) is 23.2 Å². The Bertz CT molecular complexity index is 382. The first-order valence-electron chi connectivity index (χ1n) is 6.14. The number of benzene rings is 1. The Hall–Kier alpha value is -0.440. The van der Waals surface area contributed by atoms with Crippen LogP contribution in [0.3, 0.4) is 0 Å². The first-order valence-corrected chi connectivity index (χ1v) is 6.90. The summed E-state index contributed by atoms with van der Waals surface area (Å²) < 4.78 is 0. The molecule has 1 aliphatic heterocycles. The molecule has 0 amide bonds. The molecule has 0 aliphatic carbocycles. The molecule has 0 radical (unpaired) electrons. The van der Waals surface area contributed by atoms with Gasteiger partial charge in [0.2, 0.25) is 0 Å². The minimum Gasteiger partial charge on any atom is -0.369 e. The van der Waals surface area contributed by atoms with Crippen LogP contribution in [0.5, 0.6) is 0 Å². The summed E-state index contributed by atoms with van der Waals surface area (Å²) in [5.74, 6) is 0. The van der Waals surface area contributed by atoms with E-state index in [0.29, 0.717) is 16.1 Å². The first kappa shape index (κ1) is 13.0. The van der Waals surface area contributed by atoms with E-state index in [-0.39, 0.29) is 0 Å². The molecule has 17 heavy (non-hydrogen) atoms. The van der Waals surface area contributed by atoms with Gasteiger partial charge in [-0.05, 0) is 31.5 Å². The zero-order valence-corrected chi connectivity index (χ0v) is 11.6. The van der Waals surface area contributed by atoms with E-state index in [0.717, 1.165) is 38.2 Å². The van der Waals surface area contributed by atoms with Gasteiger partial charge >= 0.3 is 0 Å². The Morgan fingerprint density at radius 1 is 1.41 bits per heavy atom. The third-order valence-electron chi connectivity index (χ3n) is 3.24. The van der Waals surface area contributed by atoms with Crippen LogP contribution in [0.2, 0.25) is 10.0 Å². The second-order valence-corrected chi connectivity index (χ2v) is 5.22. The largest absolute Gasteiger partial charge is 0.369 e. The van der Waals surface area contributed by atoms with Gasteiger partial charge in [-0.25, -0.2) is 0 Å². The molecule has 4 heteroatoms. The van der Waals surface area contributed by atoms with Crippen molar-refractivity contribution < 1.29 is 0 Å². The summed E-state index contributed by atoms with van der Waals surface area (Å²) in [5, 5.41) is 4.85. The molecule has 0 bridgehead atoms. The molecule has 1 saturated heterocycles.